The minimum atomic E-state index is -0.532. The quantitative estimate of drug-likeness (QED) is 0.857. The summed E-state index contributed by atoms with van der Waals surface area (Å²) in [5, 5.41) is 3.68. The maximum Gasteiger partial charge on any atom is 0.250 e. The first-order valence-corrected chi connectivity index (χ1v) is 7.26. The van der Waals surface area contributed by atoms with Gasteiger partial charge < -0.3 is 11.1 Å². The maximum absolute atomic E-state index is 11.3. The summed E-state index contributed by atoms with van der Waals surface area (Å²) in [6, 6.07) is 13.3. The molecule has 1 unspecified atom stereocenters. The molecule has 5 heteroatoms. The minimum absolute atomic E-state index is 0.102. The highest BCUT2D eigenvalue weighted by Crippen LogP contribution is 2.24. The largest absolute Gasteiger partial charge is 0.379 e. The van der Waals surface area contributed by atoms with Crippen LogP contribution in [0.15, 0.2) is 46.9 Å². The van der Waals surface area contributed by atoms with E-state index in [-0.39, 0.29) is 6.04 Å². The molecule has 2 rings (SSSR count). The van der Waals surface area contributed by atoms with Crippen molar-refractivity contribution in [2.75, 3.05) is 5.32 Å². The molecule has 3 N–H and O–H groups in total. The minimum Gasteiger partial charge on any atom is -0.379 e. The fourth-order valence-corrected chi connectivity index (χ4v) is 2.36. The lowest BCUT2D eigenvalue weighted by Gasteiger charge is -2.16. The van der Waals surface area contributed by atoms with Crippen molar-refractivity contribution in [2.45, 2.75) is 13.0 Å². The number of carbonyl (C=O) groups excluding carboxylic acids is 1. The molecule has 1 amide bonds. The van der Waals surface area contributed by atoms with Crippen LogP contribution in [0.2, 0.25) is 5.02 Å². The Morgan fingerprint density at radius 3 is 2.50 bits per heavy atom. The van der Waals surface area contributed by atoms with Crippen LogP contribution in [0.4, 0.5) is 5.69 Å². The lowest BCUT2D eigenvalue weighted by molar-refractivity contribution is 0.100. The van der Waals surface area contributed by atoms with Crippen molar-refractivity contribution in [3.8, 4) is 0 Å². The zero-order valence-electron chi connectivity index (χ0n) is 10.9. The van der Waals surface area contributed by atoms with Gasteiger partial charge in [-0.05, 0) is 42.8 Å². The molecule has 0 aliphatic carbocycles. The zero-order valence-corrected chi connectivity index (χ0v) is 13.2. The summed E-state index contributed by atoms with van der Waals surface area (Å²) in [5.74, 6) is -0.532. The molecule has 0 fully saturated rings. The predicted molar refractivity (Wildman–Crippen MR) is 86.1 cm³/mol. The van der Waals surface area contributed by atoms with E-state index in [1.54, 1.807) is 12.1 Å². The van der Waals surface area contributed by atoms with E-state index in [1.807, 2.05) is 37.3 Å². The van der Waals surface area contributed by atoms with Crippen molar-refractivity contribution in [3.05, 3.63) is 63.1 Å². The van der Waals surface area contributed by atoms with Crippen LogP contribution in [0.5, 0.6) is 0 Å². The third-order valence-corrected chi connectivity index (χ3v) is 3.84. The molecule has 0 aliphatic rings. The Kier molecular flexibility index (Phi) is 4.68. The highest BCUT2D eigenvalue weighted by Gasteiger charge is 2.10. The summed E-state index contributed by atoms with van der Waals surface area (Å²) >= 11 is 9.34. The van der Waals surface area contributed by atoms with Gasteiger partial charge in [0, 0.05) is 16.2 Å². The van der Waals surface area contributed by atoms with Crippen LogP contribution in [-0.4, -0.2) is 5.91 Å². The molecule has 2 aromatic carbocycles. The molecule has 0 radical (unpaired) electrons. The molecule has 0 saturated heterocycles. The Bertz CT molecular complexity index is 628. The lowest BCUT2D eigenvalue weighted by atomic mass is 10.1. The van der Waals surface area contributed by atoms with Crippen LogP contribution in [-0.2, 0) is 0 Å². The molecule has 0 aliphatic heterocycles. The summed E-state index contributed by atoms with van der Waals surface area (Å²) in [6.45, 7) is 2.04. The van der Waals surface area contributed by atoms with Gasteiger partial charge >= 0.3 is 0 Å². The monoisotopic (exact) mass is 352 g/mol. The van der Waals surface area contributed by atoms with E-state index < -0.39 is 5.91 Å². The van der Waals surface area contributed by atoms with Gasteiger partial charge in [0.05, 0.1) is 10.6 Å². The molecule has 0 aromatic heterocycles. The van der Waals surface area contributed by atoms with Gasteiger partial charge in [-0.3, -0.25) is 4.79 Å². The molecule has 3 nitrogen and oxygen atoms in total. The summed E-state index contributed by atoms with van der Waals surface area (Å²) in [7, 11) is 0. The van der Waals surface area contributed by atoms with Crippen LogP contribution < -0.4 is 11.1 Å². The Morgan fingerprint density at radius 1 is 1.25 bits per heavy atom. The van der Waals surface area contributed by atoms with E-state index in [0.29, 0.717) is 10.6 Å². The number of rotatable bonds is 4. The summed E-state index contributed by atoms with van der Waals surface area (Å²) in [4.78, 5) is 11.3. The maximum atomic E-state index is 11.3. The Morgan fingerprint density at radius 2 is 1.90 bits per heavy atom. The molecule has 0 bridgehead atoms. The molecule has 20 heavy (non-hydrogen) atoms. The molecule has 0 saturated carbocycles. The van der Waals surface area contributed by atoms with E-state index in [2.05, 4.69) is 21.2 Å². The van der Waals surface area contributed by atoms with Crippen LogP contribution in [0, 0.1) is 0 Å². The van der Waals surface area contributed by atoms with E-state index in [1.165, 1.54) is 0 Å². The van der Waals surface area contributed by atoms with Crippen molar-refractivity contribution in [2.24, 2.45) is 5.73 Å². The number of benzene rings is 2. The molecule has 2 aromatic rings. The summed E-state index contributed by atoms with van der Waals surface area (Å²) in [5.41, 5.74) is 7.55. The van der Waals surface area contributed by atoms with Crippen molar-refractivity contribution in [3.63, 3.8) is 0 Å². The number of amides is 1. The first-order chi connectivity index (χ1) is 9.47. The number of hydrogen-bond acceptors (Lipinski definition) is 2. The molecular weight excluding hydrogens is 340 g/mol. The second kappa shape index (κ2) is 6.29. The van der Waals surface area contributed by atoms with Crippen LogP contribution in [0.1, 0.15) is 28.9 Å². The predicted octanol–water partition coefficient (Wildman–Crippen LogP) is 4.37. The normalized spacial score (nSPS) is 11.9. The van der Waals surface area contributed by atoms with Crippen LogP contribution in [0.25, 0.3) is 0 Å². The smallest absolute Gasteiger partial charge is 0.250 e. The fourth-order valence-electron chi connectivity index (χ4n) is 1.89. The molecule has 1 atom stereocenters. The highest BCUT2D eigenvalue weighted by molar-refractivity contribution is 9.10. The van der Waals surface area contributed by atoms with Gasteiger partial charge in [-0.25, -0.2) is 0 Å². The molecule has 0 spiro atoms. The first kappa shape index (κ1) is 14.9. The number of halogens is 2. The van der Waals surface area contributed by atoms with E-state index in [9.17, 15) is 4.79 Å². The number of hydrogen-bond donors (Lipinski definition) is 2. The Labute approximate surface area is 131 Å². The van der Waals surface area contributed by atoms with E-state index in [0.717, 1.165) is 15.7 Å². The van der Waals surface area contributed by atoms with Crippen LogP contribution >= 0.6 is 27.5 Å². The zero-order chi connectivity index (χ0) is 14.7. The van der Waals surface area contributed by atoms with Gasteiger partial charge in [0.1, 0.15) is 0 Å². The summed E-state index contributed by atoms with van der Waals surface area (Å²) in [6.07, 6.45) is 0. The third-order valence-electron chi connectivity index (χ3n) is 2.98. The Hall–Kier alpha value is -1.52. The average molecular weight is 354 g/mol. The number of nitrogens with one attached hydrogen (secondary N) is 1. The summed E-state index contributed by atoms with van der Waals surface area (Å²) < 4.78 is 1.04. The van der Waals surface area contributed by atoms with Gasteiger partial charge in [-0.15, -0.1) is 0 Å². The van der Waals surface area contributed by atoms with E-state index >= 15 is 0 Å². The van der Waals surface area contributed by atoms with Gasteiger partial charge in [0.2, 0.25) is 5.91 Å². The van der Waals surface area contributed by atoms with Crippen molar-refractivity contribution in [1.82, 2.24) is 0 Å². The number of primary amides is 1. The standard InChI is InChI=1S/C15H14BrClN2O/c1-9(10-2-4-11(16)5-3-10)19-12-6-7-14(17)13(8-12)15(18)20/h2-9,19H,1H3,(H2,18,20). The molecule has 0 heterocycles. The lowest BCUT2D eigenvalue weighted by Crippen LogP contribution is -2.13. The topological polar surface area (TPSA) is 55.1 Å². The second-order valence-corrected chi connectivity index (χ2v) is 5.80. The first-order valence-electron chi connectivity index (χ1n) is 6.08. The van der Waals surface area contributed by atoms with E-state index in [4.69, 9.17) is 17.3 Å². The average Bonchev–Trinajstić information content (AvgIpc) is 2.41. The number of anilines is 1. The highest BCUT2D eigenvalue weighted by atomic mass is 79.9. The third kappa shape index (κ3) is 3.52. The fraction of sp³-hybridized carbons (Fsp3) is 0.133. The van der Waals surface area contributed by atoms with Crippen molar-refractivity contribution < 1.29 is 4.79 Å². The van der Waals surface area contributed by atoms with Gasteiger partial charge in [-0.1, -0.05) is 39.7 Å². The van der Waals surface area contributed by atoms with Crippen LogP contribution in [0.3, 0.4) is 0 Å². The van der Waals surface area contributed by atoms with Crippen molar-refractivity contribution >= 4 is 39.1 Å². The second-order valence-electron chi connectivity index (χ2n) is 4.48. The van der Waals surface area contributed by atoms with Gasteiger partial charge in [0.25, 0.3) is 0 Å². The van der Waals surface area contributed by atoms with Gasteiger partial charge in [-0.2, -0.15) is 0 Å². The van der Waals surface area contributed by atoms with Gasteiger partial charge in [0.15, 0.2) is 0 Å². The Balaban J connectivity index is 2.19. The SMILES string of the molecule is CC(Nc1ccc(Cl)c(C(N)=O)c1)c1ccc(Br)cc1. The molecular formula is C15H14BrClN2O. The molecule has 104 valence electrons. The number of carbonyl (C=O) groups is 1. The van der Waals surface area contributed by atoms with Crippen molar-refractivity contribution in [1.29, 1.82) is 0 Å². The number of nitrogens with two attached hydrogens (primary N) is 1.